The predicted molar refractivity (Wildman–Crippen MR) is 89.4 cm³/mol. The number of carbonyl (C=O) groups is 2. The normalized spacial score (nSPS) is 22.3. The lowest BCUT2D eigenvalue weighted by atomic mass is 9.93. The number of carboxylic acids is 1. The second-order valence-electron chi connectivity index (χ2n) is 6.57. The largest absolute Gasteiger partial charge is 0.480 e. The summed E-state index contributed by atoms with van der Waals surface area (Å²) in [7, 11) is 0. The van der Waals surface area contributed by atoms with E-state index < -0.39 is 12.0 Å². The number of hydrogen-bond acceptors (Lipinski definition) is 4. The zero-order valence-corrected chi connectivity index (χ0v) is 14.1. The van der Waals surface area contributed by atoms with Crippen molar-refractivity contribution >= 4 is 23.2 Å². The van der Waals surface area contributed by atoms with Crippen LogP contribution in [0, 0.1) is 5.92 Å². The zero-order valence-electron chi connectivity index (χ0n) is 13.3. The standard InChI is InChI=1S/C17H24N2O3S/c20-15-3-1-2-7-19(15)11-13-4-8-18(9-5-13)16(17(21)22)14-6-10-23-12-14/h6,10,12-13,16H,1-5,7-9,11H2,(H,21,22). The third kappa shape index (κ3) is 3.93. The lowest BCUT2D eigenvalue weighted by Crippen LogP contribution is -2.44. The number of hydrogen-bond donors (Lipinski definition) is 1. The zero-order chi connectivity index (χ0) is 16.2. The Kier molecular flexibility index (Phi) is 5.33. The van der Waals surface area contributed by atoms with Gasteiger partial charge in [-0.25, -0.2) is 0 Å². The van der Waals surface area contributed by atoms with Crippen LogP contribution >= 0.6 is 11.3 Å². The summed E-state index contributed by atoms with van der Waals surface area (Å²) in [6, 6.07) is 1.38. The first-order chi connectivity index (χ1) is 11.1. The number of aliphatic carboxylic acids is 1. The molecular weight excluding hydrogens is 312 g/mol. The number of rotatable bonds is 5. The lowest BCUT2D eigenvalue weighted by Gasteiger charge is -2.38. The van der Waals surface area contributed by atoms with Crippen molar-refractivity contribution in [2.24, 2.45) is 5.92 Å². The molecule has 1 atom stereocenters. The van der Waals surface area contributed by atoms with Crippen molar-refractivity contribution in [1.82, 2.24) is 9.80 Å². The van der Waals surface area contributed by atoms with Gasteiger partial charge in [0.2, 0.25) is 5.91 Å². The molecule has 23 heavy (non-hydrogen) atoms. The first-order valence-electron chi connectivity index (χ1n) is 8.42. The van der Waals surface area contributed by atoms with Crippen LogP contribution in [0.4, 0.5) is 0 Å². The average molecular weight is 336 g/mol. The number of likely N-dealkylation sites (tertiary alicyclic amines) is 2. The van der Waals surface area contributed by atoms with Crippen molar-refractivity contribution in [1.29, 1.82) is 0 Å². The Morgan fingerprint density at radius 2 is 2.09 bits per heavy atom. The van der Waals surface area contributed by atoms with Crippen LogP contribution in [0.2, 0.25) is 0 Å². The fourth-order valence-corrected chi connectivity index (χ4v) is 4.38. The maximum atomic E-state index is 11.9. The molecule has 2 fully saturated rings. The molecule has 1 amide bonds. The molecule has 126 valence electrons. The van der Waals surface area contributed by atoms with Crippen LogP contribution in [0.25, 0.3) is 0 Å². The van der Waals surface area contributed by atoms with Crippen LogP contribution < -0.4 is 0 Å². The number of carbonyl (C=O) groups excluding carboxylic acids is 1. The first-order valence-corrected chi connectivity index (χ1v) is 9.36. The molecular formula is C17H24N2O3S. The first kappa shape index (κ1) is 16.5. The topological polar surface area (TPSA) is 60.9 Å². The molecule has 2 aliphatic heterocycles. The van der Waals surface area contributed by atoms with Gasteiger partial charge < -0.3 is 10.0 Å². The van der Waals surface area contributed by atoms with Gasteiger partial charge in [-0.05, 0) is 67.1 Å². The minimum absolute atomic E-state index is 0.292. The fourth-order valence-electron chi connectivity index (χ4n) is 3.70. The Morgan fingerprint density at radius 3 is 2.70 bits per heavy atom. The van der Waals surface area contributed by atoms with Crippen LogP contribution in [0.5, 0.6) is 0 Å². The number of nitrogens with zero attached hydrogens (tertiary/aromatic N) is 2. The molecule has 5 nitrogen and oxygen atoms in total. The smallest absolute Gasteiger partial charge is 0.325 e. The van der Waals surface area contributed by atoms with Crippen molar-refractivity contribution in [2.45, 2.75) is 38.1 Å². The summed E-state index contributed by atoms with van der Waals surface area (Å²) in [6.07, 6.45) is 4.77. The maximum absolute atomic E-state index is 11.9. The lowest BCUT2D eigenvalue weighted by molar-refractivity contribution is -0.144. The summed E-state index contributed by atoms with van der Waals surface area (Å²) >= 11 is 1.54. The van der Waals surface area contributed by atoms with Crippen molar-refractivity contribution in [3.63, 3.8) is 0 Å². The van der Waals surface area contributed by atoms with Gasteiger partial charge >= 0.3 is 5.97 Å². The maximum Gasteiger partial charge on any atom is 0.325 e. The summed E-state index contributed by atoms with van der Waals surface area (Å²) < 4.78 is 0. The molecule has 1 N–H and O–H groups in total. The molecule has 3 rings (SSSR count). The van der Waals surface area contributed by atoms with Crippen molar-refractivity contribution in [2.75, 3.05) is 26.2 Å². The quantitative estimate of drug-likeness (QED) is 0.898. The second kappa shape index (κ2) is 7.45. The Labute approximate surface area is 140 Å². The van der Waals surface area contributed by atoms with Crippen LogP contribution in [-0.4, -0.2) is 53.0 Å². The third-order valence-corrected chi connectivity index (χ3v) is 5.71. The third-order valence-electron chi connectivity index (χ3n) is 5.01. The fraction of sp³-hybridized carbons (Fsp3) is 0.647. The summed E-state index contributed by atoms with van der Waals surface area (Å²) in [5.41, 5.74) is 0.882. The molecule has 2 saturated heterocycles. The van der Waals surface area contributed by atoms with Gasteiger partial charge in [-0.2, -0.15) is 11.3 Å². The van der Waals surface area contributed by atoms with Crippen molar-refractivity contribution < 1.29 is 14.7 Å². The minimum Gasteiger partial charge on any atom is -0.480 e. The summed E-state index contributed by atoms with van der Waals surface area (Å²) in [6.45, 7) is 3.33. The van der Waals surface area contributed by atoms with E-state index in [0.717, 1.165) is 57.4 Å². The van der Waals surface area contributed by atoms with E-state index in [2.05, 4.69) is 4.90 Å². The number of piperidine rings is 2. The Balaban J connectivity index is 1.55. The Bertz CT molecular complexity index is 538. The highest BCUT2D eigenvalue weighted by Crippen LogP contribution is 2.29. The molecule has 3 heterocycles. The van der Waals surface area contributed by atoms with E-state index in [1.807, 2.05) is 21.7 Å². The van der Waals surface area contributed by atoms with Crippen LogP contribution in [-0.2, 0) is 9.59 Å². The average Bonchev–Trinajstić information content (AvgIpc) is 3.05. The summed E-state index contributed by atoms with van der Waals surface area (Å²) in [5.74, 6) is 0.0265. The van der Waals surface area contributed by atoms with E-state index in [4.69, 9.17) is 0 Å². The van der Waals surface area contributed by atoms with Crippen LogP contribution in [0.1, 0.15) is 43.7 Å². The minimum atomic E-state index is -0.770. The number of thiophene rings is 1. The molecule has 0 aliphatic carbocycles. The SMILES string of the molecule is O=C(O)C(c1ccsc1)N1CCC(CN2CCCCC2=O)CC1. The van der Waals surface area contributed by atoms with Crippen LogP contribution in [0.15, 0.2) is 16.8 Å². The van der Waals surface area contributed by atoms with E-state index >= 15 is 0 Å². The van der Waals surface area contributed by atoms with Gasteiger partial charge in [0, 0.05) is 19.5 Å². The van der Waals surface area contributed by atoms with Gasteiger partial charge in [-0.1, -0.05) is 0 Å². The molecule has 1 aromatic heterocycles. The highest BCUT2D eigenvalue weighted by Gasteiger charge is 2.32. The molecule has 0 spiro atoms. The van der Waals surface area contributed by atoms with Gasteiger partial charge in [0.25, 0.3) is 0 Å². The highest BCUT2D eigenvalue weighted by atomic mass is 32.1. The van der Waals surface area contributed by atoms with E-state index in [1.165, 1.54) is 11.3 Å². The monoisotopic (exact) mass is 336 g/mol. The van der Waals surface area contributed by atoms with E-state index in [0.29, 0.717) is 18.2 Å². The van der Waals surface area contributed by atoms with Gasteiger partial charge in [-0.15, -0.1) is 0 Å². The van der Waals surface area contributed by atoms with E-state index in [1.54, 1.807) is 0 Å². The molecule has 1 aromatic rings. The number of amides is 1. The molecule has 0 radical (unpaired) electrons. The van der Waals surface area contributed by atoms with Gasteiger partial charge in [0.05, 0.1) is 0 Å². The van der Waals surface area contributed by atoms with Crippen molar-refractivity contribution in [3.8, 4) is 0 Å². The predicted octanol–water partition coefficient (Wildman–Crippen LogP) is 2.60. The van der Waals surface area contributed by atoms with Crippen LogP contribution in [0.3, 0.4) is 0 Å². The van der Waals surface area contributed by atoms with Gasteiger partial charge in [-0.3, -0.25) is 14.5 Å². The molecule has 0 aromatic carbocycles. The number of carboxylic acid groups (broad SMARTS) is 1. The molecule has 0 bridgehead atoms. The van der Waals surface area contributed by atoms with E-state index in [9.17, 15) is 14.7 Å². The summed E-state index contributed by atoms with van der Waals surface area (Å²) in [4.78, 5) is 27.7. The molecule has 1 unspecified atom stereocenters. The summed E-state index contributed by atoms with van der Waals surface area (Å²) in [5, 5.41) is 13.4. The Hall–Kier alpha value is -1.40. The second-order valence-corrected chi connectivity index (χ2v) is 7.35. The van der Waals surface area contributed by atoms with Crippen molar-refractivity contribution in [3.05, 3.63) is 22.4 Å². The van der Waals surface area contributed by atoms with Gasteiger partial charge in [0.15, 0.2) is 0 Å². The van der Waals surface area contributed by atoms with E-state index in [-0.39, 0.29) is 0 Å². The molecule has 2 aliphatic rings. The van der Waals surface area contributed by atoms with Gasteiger partial charge in [0.1, 0.15) is 6.04 Å². The molecule has 0 saturated carbocycles. The highest BCUT2D eigenvalue weighted by molar-refractivity contribution is 7.08. The molecule has 6 heteroatoms. The Morgan fingerprint density at radius 1 is 1.30 bits per heavy atom.